The summed E-state index contributed by atoms with van der Waals surface area (Å²) < 4.78 is 52.4. The molecule has 1 fully saturated rings. The van der Waals surface area contributed by atoms with Crippen LogP contribution in [-0.4, -0.2) is 33.3 Å². The van der Waals surface area contributed by atoms with Gasteiger partial charge in [-0.3, -0.25) is 18.2 Å². The molecule has 0 amide bonds. The molecule has 3 N–H and O–H groups in total. The quantitative estimate of drug-likeness (QED) is 0.176. The van der Waals surface area contributed by atoms with E-state index in [9.17, 15) is 18.8 Å². The van der Waals surface area contributed by atoms with Crippen LogP contribution in [0.1, 0.15) is 23.8 Å². The van der Waals surface area contributed by atoms with Crippen molar-refractivity contribution in [2.45, 2.75) is 38.1 Å². The van der Waals surface area contributed by atoms with Crippen LogP contribution in [0.5, 0.6) is 0 Å². The number of nitrogens with two attached hydrogens (primary N) is 1. The van der Waals surface area contributed by atoms with Crippen LogP contribution in [0.25, 0.3) is 0 Å². The standard InChI is InChI=1S/C23H27N3O10P2/c24-21-11-12-26(23(27)25-21)22-13-19(35-37(28)36-31-14-17-7-3-1-4-8-17)20(34-22)16-33-38(29,30)32-15-18-9-5-2-6-10-18/h1-12,19-20,22,37H,13-16H2,(H,29,30)(H2,24,25,27)/t19-,20+,22+/m0/s1. The predicted octanol–water partition coefficient (Wildman–Crippen LogP) is 3.37. The molecule has 2 aromatic carbocycles. The molecule has 1 saturated heterocycles. The van der Waals surface area contributed by atoms with Crippen LogP contribution >= 0.6 is 16.1 Å². The van der Waals surface area contributed by atoms with Crippen molar-refractivity contribution in [2.75, 3.05) is 12.3 Å². The van der Waals surface area contributed by atoms with Crippen molar-refractivity contribution >= 4 is 21.9 Å². The molecule has 2 unspecified atom stereocenters. The van der Waals surface area contributed by atoms with Crippen molar-refractivity contribution in [3.8, 4) is 0 Å². The highest BCUT2D eigenvalue weighted by molar-refractivity contribution is 7.47. The van der Waals surface area contributed by atoms with Gasteiger partial charge in [-0.1, -0.05) is 60.7 Å². The lowest BCUT2D eigenvalue weighted by molar-refractivity contribution is -0.222. The van der Waals surface area contributed by atoms with E-state index in [1.54, 1.807) is 42.5 Å². The zero-order valence-electron chi connectivity index (χ0n) is 20.0. The van der Waals surface area contributed by atoms with Crippen molar-refractivity contribution in [1.82, 2.24) is 9.55 Å². The molecular weight excluding hydrogens is 540 g/mol. The molecule has 38 heavy (non-hydrogen) atoms. The summed E-state index contributed by atoms with van der Waals surface area (Å²) in [6.07, 6.45) is -1.46. The van der Waals surface area contributed by atoms with Crippen molar-refractivity contribution in [3.63, 3.8) is 0 Å². The molecule has 0 radical (unpaired) electrons. The average molecular weight is 567 g/mol. The smallest absolute Gasteiger partial charge is 0.383 e. The van der Waals surface area contributed by atoms with Crippen LogP contribution in [0, 0.1) is 0 Å². The monoisotopic (exact) mass is 567 g/mol. The first-order valence-corrected chi connectivity index (χ1v) is 14.2. The highest BCUT2D eigenvalue weighted by atomic mass is 31.2. The minimum Gasteiger partial charge on any atom is -0.383 e. The number of phosphoric acid groups is 1. The number of nitrogens with zero attached hydrogens (tertiary/aromatic N) is 2. The second kappa shape index (κ2) is 13.4. The molecule has 204 valence electrons. The minimum absolute atomic E-state index is 0.0264. The molecule has 15 heteroatoms. The van der Waals surface area contributed by atoms with Gasteiger partial charge in [0, 0.05) is 12.6 Å². The third-order valence-corrected chi connectivity index (χ3v) is 7.10. The molecule has 1 aromatic heterocycles. The Morgan fingerprint density at radius 3 is 2.37 bits per heavy atom. The molecule has 13 nitrogen and oxygen atoms in total. The van der Waals surface area contributed by atoms with Crippen LogP contribution < -0.4 is 11.4 Å². The normalized spacial score (nSPS) is 21.7. The lowest BCUT2D eigenvalue weighted by Gasteiger charge is -2.20. The van der Waals surface area contributed by atoms with Gasteiger partial charge >= 0.3 is 21.8 Å². The van der Waals surface area contributed by atoms with E-state index in [2.05, 4.69) is 4.98 Å². The Morgan fingerprint density at radius 1 is 1.05 bits per heavy atom. The number of hydrogen-bond acceptors (Lipinski definition) is 11. The van der Waals surface area contributed by atoms with Crippen LogP contribution in [0.4, 0.5) is 5.82 Å². The molecule has 4 rings (SSSR count). The lowest BCUT2D eigenvalue weighted by Crippen LogP contribution is -2.28. The summed E-state index contributed by atoms with van der Waals surface area (Å²) in [7, 11) is -7.68. The van der Waals surface area contributed by atoms with Crippen LogP contribution in [0.3, 0.4) is 0 Å². The van der Waals surface area contributed by atoms with Crippen molar-refractivity contribution in [2.24, 2.45) is 0 Å². The molecule has 0 bridgehead atoms. The van der Waals surface area contributed by atoms with E-state index in [-0.39, 0.29) is 25.5 Å². The van der Waals surface area contributed by atoms with E-state index in [1.165, 1.54) is 16.8 Å². The Labute approximate surface area is 218 Å². The Bertz CT molecular complexity index is 1310. The number of hydrogen-bond donors (Lipinski definition) is 2. The van der Waals surface area contributed by atoms with Crippen molar-refractivity contribution in [1.29, 1.82) is 0 Å². The van der Waals surface area contributed by atoms with Gasteiger partial charge in [-0.05, 0) is 17.2 Å². The summed E-state index contributed by atoms with van der Waals surface area (Å²) in [6, 6.07) is 19.3. The number of nitrogen functional groups attached to an aromatic ring is 1. The Balaban J connectivity index is 1.37. The molecule has 3 aromatic rings. The zero-order chi connectivity index (χ0) is 27.0. The van der Waals surface area contributed by atoms with E-state index in [4.69, 9.17) is 33.6 Å². The maximum Gasteiger partial charge on any atom is 0.472 e. The Morgan fingerprint density at radius 2 is 1.71 bits per heavy atom. The fourth-order valence-corrected chi connectivity index (χ4v) is 5.00. The molecule has 5 atom stereocenters. The van der Waals surface area contributed by atoms with Crippen LogP contribution in [-0.2, 0) is 50.2 Å². The zero-order valence-corrected chi connectivity index (χ0v) is 21.9. The SMILES string of the molecule is Nc1ccn([C@H]2C[C@H](O[PH](=O)OOCc3ccccc3)[C@@H](COP(=O)(O)OCc3ccccc3)O2)c(=O)n1. The third-order valence-electron chi connectivity index (χ3n) is 5.42. The van der Waals surface area contributed by atoms with Gasteiger partial charge in [0.15, 0.2) is 0 Å². The molecule has 0 saturated carbocycles. The van der Waals surface area contributed by atoms with Gasteiger partial charge in [0.2, 0.25) is 0 Å². The molecule has 2 heterocycles. The van der Waals surface area contributed by atoms with Crippen molar-refractivity contribution < 1.29 is 41.9 Å². The summed E-state index contributed by atoms with van der Waals surface area (Å²) in [5.41, 5.74) is 6.34. The maximum absolute atomic E-state index is 12.4. The van der Waals surface area contributed by atoms with E-state index < -0.39 is 46.8 Å². The first kappa shape index (κ1) is 28.3. The summed E-state index contributed by atoms with van der Waals surface area (Å²) in [6.45, 7) is -0.591. The highest BCUT2D eigenvalue weighted by Gasteiger charge is 2.40. The fourth-order valence-electron chi connectivity index (χ4n) is 3.59. The largest absolute Gasteiger partial charge is 0.472 e. The fraction of sp³-hybridized carbons (Fsp3) is 0.304. The average Bonchev–Trinajstić information content (AvgIpc) is 3.29. The van der Waals surface area contributed by atoms with E-state index in [0.29, 0.717) is 5.56 Å². The van der Waals surface area contributed by atoms with Gasteiger partial charge in [0.1, 0.15) is 24.8 Å². The highest BCUT2D eigenvalue weighted by Crippen LogP contribution is 2.46. The van der Waals surface area contributed by atoms with Crippen LogP contribution in [0.15, 0.2) is 77.7 Å². The summed E-state index contributed by atoms with van der Waals surface area (Å²) in [5, 5.41) is 0. The van der Waals surface area contributed by atoms with Gasteiger partial charge in [0.05, 0.1) is 19.3 Å². The topological polar surface area (TPSA) is 171 Å². The summed E-state index contributed by atoms with van der Waals surface area (Å²) in [4.78, 5) is 31.1. The number of phosphoric ester groups is 1. The van der Waals surface area contributed by atoms with Crippen molar-refractivity contribution in [3.05, 3.63) is 94.5 Å². The van der Waals surface area contributed by atoms with Gasteiger partial charge in [-0.15, -0.1) is 0 Å². The van der Waals surface area contributed by atoms with E-state index in [0.717, 1.165) is 5.56 Å². The first-order chi connectivity index (χ1) is 18.3. The molecule has 1 aliphatic heterocycles. The maximum atomic E-state index is 12.4. The van der Waals surface area contributed by atoms with Gasteiger partial charge < -0.3 is 19.9 Å². The summed E-state index contributed by atoms with van der Waals surface area (Å²) in [5.74, 6) is 0.0303. The first-order valence-electron chi connectivity index (χ1n) is 11.5. The molecular formula is C23H27N3O10P2. The Hall–Kier alpha value is -2.70. The van der Waals surface area contributed by atoms with Gasteiger partial charge in [-0.25, -0.2) is 14.2 Å². The number of aromatic nitrogens is 2. The number of ether oxygens (including phenoxy) is 1. The second-order valence-corrected chi connectivity index (χ2v) is 10.5. The third kappa shape index (κ3) is 8.40. The number of benzene rings is 2. The molecule has 0 aliphatic carbocycles. The lowest BCUT2D eigenvalue weighted by atomic mass is 10.2. The van der Waals surface area contributed by atoms with Gasteiger partial charge in [-0.2, -0.15) is 9.66 Å². The second-order valence-electron chi connectivity index (χ2n) is 8.17. The molecule has 1 aliphatic rings. The van der Waals surface area contributed by atoms with Crippen LogP contribution in [0.2, 0.25) is 0 Å². The van der Waals surface area contributed by atoms with Gasteiger partial charge in [0.25, 0.3) is 0 Å². The summed E-state index contributed by atoms with van der Waals surface area (Å²) >= 11 is 0. The van der Waals surface area contributed by atoms with E-state index >= 15 is 0 Å². The number of rotatable bonds is 13. The predicted molar refractivity (Wildman–Crippen MR) is 135 cm³/mol. The Kier molecular flexibility index (Phi) is 9.97. The van der Waals surface area contributed by atoms with E-state index in [1.807, 2.05) is 18.2 Å². The minimum atomic E-state index is -4.49. The molecule has 0 spiro atoms. The number of anilines is 1.